The largest absolute Gasteiger partial charge is 0.379 e. The van der Waals surface area contributed by atoms with E-state index in [1.54, 1.807) is 19.1 Å². The van der Waals surface area contributed by atoms with Crippen molar-refractivity contribution in [2.45, 2.75) is 38.5 Å². The Morgan fingerprint density at radius 1 is 1.45 bits per heavy atom. The number of nitrogens with zero attached hydrogens (tertiary/aromatic N) is 1. The van der Waals surface area contributed by atoms with Crippen LogP contribution in [-0.2, 0) is 14.6 Å². The molecule has 1 aromatic carbocycles. The van der Waals surface area contributed by atoms with E-state index >= 15 is 0 Å². The van der Waals surface area contributed by atoms with Gasteiger partial charge in [-0.2, -0.15) is 5.26 Å². The molecule has 22 heavy (non-hydrogen) atoms. The molecule has 1 aromatic rings. The van der Waals surface area contributed by atoms with Gasteiger partial charge in [-0.3, -0.25) is 4.79 Å². The van der Waals surface area contributed by atoms with E-state index in [1.807, 2.05) is 6.07 Å². The number of amides is 1. The molecule has 0 saturated heterocycles. The maximum Gasteiger partial charge on any atom is 0.257 e. The van der Waals surface area contributed by atoms with Gasteiger partial charge in [-0.1, -0.05) is 0 Å². The van der Waals surface area contributed by atoms with E-state index in [0.717, 1.165) is 0 Å². The van der Waals surface area contributed by atoms with Gasteiger partial charge in [0, 0.05) is 5.69 Å². The second-order valence-electron chi connectivity index (χ2n) is 5.73. The second kappa shape index (κ2) is 6.46. The lowest BCUT2D eigenvalue weighted by Gasteiger charge is -2.23. The summed E-state index contributed by atoms with van der Waals surface area (Å²) in [7, 11) is -3.57. The fraction of sp³-hybridized carbons (Fsp3) is 0.467. The number of nitrogens with one attached hydrogen (secondary N) is 1. The number of hydrogen-bond acceptors (Lipinski definition) is 5. The van der Waals surface area contributed by atoms with Crippen LogP contribution in [0.15, 0.2) is 18.2 Å². The zero-order valence-corrected chi connectivity index (χ0v) is 13.9. The van der Waals surface area contributed by atoms with Gasteiger partial charge in [-0.15, -0.1) is 0 Å². The van der Waals surface area contributed by atoms with E-state index in [0.29, 0.717) is 16.8 Å². The first-order valence-corrected chi connectivity index (χ1v) is 8.47. The molecule has 0 spiro atoms. The Labute approximate surface area is 130 Å². The van der Waals surface area contributed by atoms with Gasteiger partial charge in [0.2, 0.25) is 0 Å². The number of benzene rings is 1. The molecule has 7 heteroatoms. The van der Waals surface area contributed by atoms with Gasteiger partial charge in [0.15, 0.2) is 15.4 Å². The molecule has 2 N–H and O–H groups in total. The SMILES string of the molecule is Cc1cc(NC(=O)[C@](C)(O)CS(=O)(=O)C(C)C)ccc1C#N. The maximum atomic E-state index is 12.1. The summed E-state index contributed by atoms with van der Waals surface area (Å²) >= 11 is 0. The number of hydrogen-bond donors (Lipinski definition) is 2. The highest BCUT2D eigenvalue weighted by atomic mass is 32.2. The summed E-state index contributed by atoms with van der Waals surface area (Å²) in [5, 5.41) is 20.8. The van der Waals surface area contributed by atoms with Crippen molar-refractivity contribution in [2.75, 3.05) is 11.1 Å². The first-order valence-electron chi connectivity index (χ1n) is 6.76. The third-order valence-corrected chi connectivity index (χ3v) is 5.70. The first kappa shape index (κ1) is 18.1. The first-order chi connectivity index (χ1) is 9.99. The van der Waals surface area contributed by atoms with E-state index in [9.17, 15) is 18.3 Å². The van der Waals surface area contributed by atoms with Crippen LogP contribution in [0.25, 0.3) is 0 Å². The van der Waals surface area contributed by atoms with Crippen LogP contribution in [0.5, 0.6) is 0 Å². The van der Waals surface area contributed by atoms with Crippen molar-refractivity contribution in [3.63, 3.8) is 0 Å². The summed E-state index contributed by atoms with van der Waals surface area (Å²) in [6, 6.07) is 6.67. The van der Waals surface area contributed by atoms with Gasteiger partial charge in [-0.05, 0) is 51.5 Å². The highest BCUT2D eigenvalue weighted by Crippen LogP contribution is 2.18. The molecule has 0 heterocycles. The molecular weight excluding hydrogens is 304 g/mol. The Kier molecular flexibility index (Phi) is 5.33. The molecule has 120 valence electrons. The molecule has 1 atom stereocenters. The third kappa shape index (κ3) is 4.29. The van der Waals surface area contributed by atoms with Crippen LogP contribution in [0.1, 0.15) is 31.9 Å². The monoisotopic (exact) mass is 324 g/mol. The van der Waals surface area contributed by atoms with E-state index < -0.39 is 32.3 Å². The van der Waals surface area contributed by atoms with Crippen LogP contribution in [-0.4, -0.2) is 36.0 Å². The number of nitriles is 1. The van der Waals surface area contributed by atoms with Crippen LogP contribution in [0.4, 0.5) is 5.69 Å². The molecule has 0 fully saturated rings. The van der Waals surface area contributed by atoms with Gasteiger partial charge in [0.1, 0.15) is 0 Å². The minimum Gasteiger partial charge on any atom is -0.379 e. The van der Waals surface area contributed by atoms with E-state index in [4.69, 9.17) is 5.26 Å². The quantitative estimate of drug-likeness (QED) is 0.851. The molecule has 0 bridgehead atoms. The van der Waals surface area contributed by atoms with Crippen LogP contribution >= 0.6 is 0 Å². The normalized spacial score (nSPS) is 14.2. The molecule has 0 aliphatic rings. The van der Waals surface area contributed by atoms with Crippen LogP contribution in [0, 0.1) is 18.3 Å². The van der Waals surface area contributed by atoms with Crippen molar-refractivity contribution >= 4 is 21.4 Å². The van der Waals surface area contributed by atoms with Gasteiger partial charge >= 0.3 is 0 Å². The fourth-order valence-electron chi connectivity index (χ4n) is 1.76. The summed E-state index contributed by atoms with van der Waals surface area (Å²) in [6.07, 6.45) is 0. The topological polar surface area (TPSA) is 107 Å². The van der Waals surface area contributed by atoms with Crippen molar-refractivity contribution < 1.29 is 18.3 Å². The average Bonchev–Trinajstić information content (AvgIpc) is 2.37. The Morgan fingerprint density at radius 3 is 2.50 bits per heavy atom. The van der Waals surface area contributed by atoms with Gasteiger partial charge in [-0.25, -0.2) is 8.42 Å². The van der Waals surface area contributed by atoms with Gasteiger partial charge < -0.3 is 10.4 Å². The number of rotatable bonds is 5. The number of carbonyl (C=O) groups excluding carboxylic acids is 1. The molecule has 0 unspecified atom stereocenters. The minimum absolute atomic E-state index is 0.392. The fourth-order valence-corrected chi connectivity index (χ4v) is 3.00. The highest BCUT2D eigenvalue weighted by molar-refractivity contribution is 7.92. The molecule has 0 aliphatic carbocycles. The smallest absolute Gasteiger partial charge is 0.257 e. The second-order valence-corrected chi connectivity index (χ2v) is 8.28. The zero-order valence-electron chi connectivity index (χ0n) is 13.0. The lowest BCUT2D eigenvalue weighted by atomic mass is 10.1. The molecule has 0 radical (unpaired) electrons. The molecule has 0 aromatic heterocycles. The average molecular weight is 324 g/mol. The van der Waals surface area contributed by atoms with E-state index in [-0.39, 0.29) is 0 Å². The Bertz CT molecular complexity index is 716. The third-order valence-electron chi connectivity index (χ3n) is 3.29. The number of carbonyl (C=O) groups is 1. The number of sulfone groups is 1. The summed E-state index contributed by atoms with van der Waals surface area (Å²) < 4.78 is 23.7. The van der Waals surface area contributed by atoms with Crippen LogP contribution in [0.2, 0.25) is 0 Å². The molecule has 0 aliphatic heterocycles. The summed E-state index contributed by atoms with van der Waals surface area (Å²) in [6.45, 7) is 5.87. The number of aryl methyl sites for hydroxylation is 1. The summed E-state index contributed by atoms with van der Waals surface area (Å²) in [4.78, 5) is 12.1. The van der Waals surface area contributed by atoms with Gasteiger partial charge in [0.25, 0.3) is 5.91 Å². The summed E-state index contributed by atoms with van der Waals surface area (Å²) in [5.41, 5.74) is -0.490. The Balaban J connectivity index is 2.92. The maximum absolute atomic E-state index is 12.1. The van der Waals surface area contributed by atoms with E-state index in [2.05, 4.69) is 5.32 Å². The molecule has 1 rings (SSSR count). The predicted molar refractivity (Wildman–Crippen MR) is 84.1 cm³/mol. The van der Waals surface area contributed by atoms with Crippen molar-refractivity contribution in [3.05, 3.63) is 29.3 Å². The minimum atomic E-state index is -3.57. The summed E-state index contributed by atoms with van der Waals surface area (Å²) in [5.74, 6) is -1.46. The molecule has 6 nitrogen and oxygen atoms in total. The highest BCUT2D eigenvalue weighted by Gasteiger charge is 2.37. The zero-order chi connectivity index (χ0) is 17.1. The number of anilines is 1. The molecule has 0 saturated carbocycles. The predicted octanol–water partition coefficient (Wildman–Crippen LogP) is 1.38. The van der Waals surface area contributed by atoms with Crippen molar-refractivity contribution in [2.24, 2.45) is 0 Å². The molecule has 1 amide bonds. The standard InChI is InChI=1S/C15H20N2O4S/c1-10(2)22(20,21)9-15(4,19)14(18)17-13-6-5-12(8-16)11(3)7-13/h5-7,10,19H,9H2,1-4H3,(H,17,18)/t15-/m1/s1. The van der Waals surface area contributed by atoms with Crippen molar-refractivity contribution in [1.82, 2.24) is 0 Å². The van der Waals surface area contributed by atoms with Crippen molar-refractivity contribution in [3.8, 4) is 6.07 Å². The Hall–Kier alpha value is -1.91. The van der Waals surface area contributed by atoms with Crippen LogP contribution in [0.3, 0.4) is 0 Å². The lowest BCUT2D eigenvalue weighted by Crippen LogP contribution is -2.47. The molecular formula is C15H20N2O4S. The number of aliphatic hydroxyl groups is 1. The van der Waals surface area contributed by atoms with Gasteiger partial charge in [0.05, 0.1) is 22.6 Å². The van der Waals surface area contributed by atoms with Crippen molar-refractivity contribution in [1.29, 1.82) is 5.26 Å². The van der Waals surface area contributed by atoms with Crippen LogP contribution < -0.4 is 5.32 Å². The lowest BCUT2D eigenvalue weighted by molar-refractivity contribution is -0.130. The Morgan fingerprint density at radius 2 is 2.05 bits per heavy atom. The van der Waals surface area contributed by atoms with E-state index in [1.165, 1.54) is 26.8 Å².